The first-order chi connectivity index (χ1) is 9.59. The van der Waals surface area contributed by atoms with E-state index >= 15 is 0 Å². The van der Waals surface area contributed by atoms with Crippen LogP contribution in [0.25, 0.3) is 10.1 Å². The molecule has 0 radical (unpaired) electrons. The van der Waals surface area contributed by atoms with Crippen LogP contribution >= 0.6 is 34.7 Å². The van der Waals surface area contributed by atoms with Crippen LogP contribution in [0.15, 0.2) is 24.3 Å². The van der Waals surface area contributed by atoms with Crippen molar-refractivity contribution in [2.24, 2.45) is 0 Å². The molecule has 3 rings (SSSR count). The van der Waals surface area contributed by atoms with E-state index in [1.807, 2.05) is 24.3 Å². The molecule has 1 aromatic heterocycles. The lowest BCUT2D eigenvalue weighted by Gasteiger charge is -2.19. The van der Waals surface area contributed by atoms with E-state index in [1.54, 1.807) is 0 Å². The number of benzene rings is 1. The van der Waals surface area contributed by atoms with E-state index in [1.165, 1.54) is 28.0 Å². The third-order valence-corrected chi connectivity index (χ3v) is 5.83. The standard InChI is InChI=1S/C13H10ClNO3S2/c14-10-7-3-1-2-4-9(7)20-11(10)12(16)15-6-19-5-8(15)13(17)18/h1-4,8H,5-6H2,(H,17,18). The number of fused-ring (bicyclic) bond motifs is 1. The van der Waals surface area contributed by atoms with Crippen LogP contribution < -0.4 is 0 Å². The van der Waals surface area contributed by atoms with Gasteiger partial charge >= 0.3 is 5.97 Å². The summed E-state index contributed by atoms with van der Waals surface area (Å²) in [5.74, 6) is -0.460. The topological polar surface area (TPSA) is 57.6 Å². The smallest absolute Gasteiger partial charge is 0.327 e. The minimum Gasteiger partial charge on any atom is -0.480 e. The van der Waals surface area contributed by atoms with Gasteiger partial charge in [-0.05, 0) is 6.07 Å². The van der Waals surface area contributed by atoms with Crippen molar-refractivity contribution >= 4 is 56.7 Å². The second-order valence-corrected chi connectivity index (χ2v) is 6.80. The summed E-state index contributed by atoms with van der Waals surface area (Å²) in [6.07, 6.45) is 0. The van der Waals surface area contributed by atoms with E-state index in [0.717, 1.165) is 10.1 Å². The second-order valence-electron chi connectivity index (χ2n) is 4.37. The lowest BCUT2D eigenvalue weighted by atomic mass is 10.2. The number of hydrogen-bond acceptors (Lipinski definition) is 4. The number of aliphatic carboxylic acids is 1. The minimum atomic E-state index is -0.972. The number of thioether (sulfide) groups is 1. The van der Waals surface area contributed by atoms with Crippen LogP contribution in [0.5, 0.6) is 0 Å². The van der Waals surface area contributed by atoms with E-state index in [9.17, 15) is 9.59 Å². The van der Waals surface area contributed by atoms with Crippen molar-refractivity contribution in [1.29, 1.82) is 0 Å². The third-order valence-electron chi connectivity index (χ3n) is 3.16. The lowest BCUT2D eigenvalue weighted by Crippen LogP contribution is -2.41. The van der Waals surface area contributed by atoms with Gasteiger partial charge in [-0.1, -0.05) is 29.8 Å². The van der Waals surface area contributed by atoms with Crippen LogP contribution in [0.2, 0.25) is 5.02 Å². The number of halogens is 1. The molecule has 4 nitrogen and oxygen atoms in total. The Bertz CT molecular complexity index is 700. The summed E-state index contributed by atoms with van der Waals surface area (Å²) >= 11 is 9.01. The summed E-state index contributed by atoms with van der Waals surface area (Å²) in [4.78, 5) is 25.5. The van der Waals surface area contributed by atoms with Crippen LogP contribution in [0.4, 0.5) is 0 Å². The zero-order valence-corrected chi connectivity index (χ0v) is 12.6. The van der Waals surface area contributed by atoms with Crippen molar-refractivity contribution in [3.63, 3.8) is 0 Å². The van der Waals surface area contributed by atoms with Gasteiger partial charge in [0.2, 0.25) is 0 Å². The lowest BCUT2D eigenvalue weighted by molar-refractivity contribution is -0.140. The molecule has 0 spiro atoms. The predicted molar refractivity (Wildman–Crippen MR) is 81.8 cm³/mol. The zero-order valence-electron chi connectivity index (χ0n) is 10.2. The molecule has 7 heteroatoms. The van der Waals surface area contributed by atoms with E-state index in [2.05, 4.69) is 0 Å². The van der Waals surface area contributed by atoms with Gasteiger partial charge in [0.05, 0.1) is 10.9 Å². The van der Waals surface area contributed by atoms with E-state index < -0.39 is 12.0 Å². The summed E-state index contributed by atoms with van der Waals surface area (Å²) in [5, 5.41) is 10.4. The van der Waals surface area contributed by atoms with Gasteiger partial charge in [-0.2, -0.15) is 0 Å². The summed E-state index contributed by atoms with van der Waals surface area (Å²) in [6, 6.07) is 6.73. The molecule has 1 N–H and O–H groups in total. The highest BCUT2D eigenvalue weighted by molar-refractivity contribution is 7.99. The quantitative estimate of drug-likeness (QED) is 0.920. The molecule has 1 aliphatic rings. The van der Waals surface area contributed by atoms with Crippen LogP contribution in [0.1, 0.15) is 9.67 Å². The Morgan fingerprint density at radius 2 is 2.10 bits per heavy atom. The molecule has 1 aromatic carbocycles. The van der Waals surface area contributed by atoms with E-state index in [-0.39, 0.29) is 5.91 Å². The van der Waals surface area contributed by atoms with Gasteiger partial charge in [-0.3, -0.25) is 4.79 Å². The SMILES string of the molecule is O=C(O)C1CSCN1C(=O)c1sc2ccccc2c1Cl. The van der Waals surface area contributed by atoms with Gasteiger partial charge in [0.15, 0.2) is 0 Å². The highest BCUT2D eigenvalue weighted by Gasteiger charge is 2.36. The molecule has 2 heterocycles. The summed E-state index contributed by atoms with van der Waals surface area (Å²) in [5.41, 5.74) is 0. The van der Waals surface area contributed by atoms with E-state index in [0.29, 0.717) is 21.5 Å². The number of rotatable bonds is 2. The first kappa shape index (κ1) is 13.7. The van der Waals surface area contributed by atoms with Crippen molar-refractivity contribution < 1.29 is 14.7 Å². The maximum Gasteiger partial charge on any atom is 0.327 e. The first-order valence-electron chi connectivity index (χ1n) is 5.88. The highest BCUT2D eigenvalue weighted by Crippen LogP contribution is 2.37. The van der Waals surface area contributed by atoms with Crippen molar-refractivity contribution in [2.45, 2.75) is 6.04 Å². The molecule has 20 heavy (non-hydrogen) atoms. The Morgan fingerprint density at radius 1 is 1.35 bits per heavy atom. The Labute approximate surface area is 128 Å². The molecule has 1 atom stereocenters. The number of carbonyl (C=O) groups is 2. The normalized spacial score (nSPS) is 18.6. The fourth-order valence-electron chi connectivity index (χ4n) is 2.13. The number of carboxylic acid groups (broad SMARTS) is 1. The molecule has 104 valence electrons. The molecule has 1 saturated heterocycles. The number of nitrogens with zero attached hydrogens (tertiary/aromatic N) is 1. The van der Waals surface area contributed by atoms with Crippen molar-refractivity contribution in [1.82, 2.24) is 4.90 Å². The number of carbonyl (C=O) groups excluding carboxylic acids is 1. The van der Waals surface area contributed by atoms with Gasteiger partial charge in [0, 0.05) is 15.8 Å². The molecule has 0 saturated carbocycles. The van der Waals surface area contributed by atoms with Crippen molar-refractivity contribution in [2.75, 3.05) is 11.6 Å². The summed E-state index contributed by atoms with van der Waals surface area (Å²) < 4.78 is 0.930. The number of hydrogen-bond donors (Lipinski definition) is 1. The van der Waals surface area contributed by atoms with Crippen LogP contribution in [-0.2, 0) is 4.79 Å². The average Bonchev–Trinajstić information content (AvgIpc) is 3.04. The Morgan fingerprint density at radius 3 is 2.80 bits per heavy atom. The first-order valence-corrected chi connectivity index (χ1v) is 8.23. The van der Waals surface area contributed by atoms with Gasteiger partial charge < -0.3 is 10.0 Å². The monoisotopic (exact) mass is 327 g/mol. The van der Waals surface area contributed by atoms with Gasteiger partial charge in [-0.15, -0.1) is 23.1 Å². The molecule has 1 aliphatic heterocycles. The molecule has 0 aliphatic carbocycles. The van der Waals surface area contributed by atoms with Crippen LogP contribution in [-0.4, -0.2) is 39.6 Å². The maximum atomic E-state index is 12.5. The van der Waals surface area contributed by atoms with Gasteiger partial charge in [0.25, 0.3) is 5.91 Å². The largest absolute Gasteiger partial charge is 0.480 e. The molecule has 1 unspecified atom stereocenters. The second kappa shape index (κ2) is 5.27. The highest BCUT2D eigenvalue weighted by atomic mass is 35.5. The number of amides is 1. The fourth-order valence-corrected chi connectivity index (χ4v) is 4.74. The van der Waals surface area contributed by atoms with Crippen molar-refractivity contribution in [3.05, 3.63) is 34.2 Å². The summed E-state index contributed by atoms with van der Waals surface area (Å²) in [7, 11) is 0. The number of carboxylic acids is 1. The maximum absolute atomic E-state index is 12.5. The Balaban J connectivity index is 2.00. The third kappa shape index (κ3) is 2.17. The Kier molecular flexibility index (Phi) is 3.62. The van der Waals surface area contributed by atoms with Gasteiger partial charge in [-0.25, -0.2) is 4.79 Å². The van der Waals surface area contributed by atoms with Crippen LogP contribution in [0.3, 0.4) is 0 Å². The fraction of sp³-hybridized carbons (Fsp3) is 0.231. The van der Waals surface area contributed by atoms with Gasteiger partial charge in [0.1, 0.15) is 10.9 Å². The number of thiophene rings is 1. The predicted octanol–water partition coefficient (Wildman–Crippen LogP) is 3.15. The molecule has 0 bridgehead atoms. The molecule has 2 aromatic rings. The van der Waals surface area contributed by atoms with Crippen LogP contribution in [0, 0.1) is 0 Å². The van der Waals surface area contributed by atoms with Crippen molar-refractivity contribution in [3.8, 4) is 0 Å². The zero-order chi connectivity index (χ0) is 14.3. The molecule has 1 amide bonds. The molecule has 1 fully saturated rings. The minimum absolute atomic E-state index is 0.298. The van der Waals surface area contributed by atoms with E-state index in [4.69, 9.17) is 16.7 Å². The average molecular weight is 328 g/mol. The molecular formula is C13H10ClNO3S2. The molecular weight excluding hydrogens is 318 g/mol. The summed E-state index contributed by atoms with van der Waals surface area (Å²) in [6.45, 7) is 0. The Hall–Kier alpha value is -1.24.